The number of benzene rings is 1. The third-order valence-electron chi connectivity index (χ3n) is 3.55. The van der Waals surface area contributed by atoms with Gasteiger partial charge in [0, 0.05) is 17.9 Å². The first-order chi connectivity index (χ1) is 7.14. The van der Waals surface area contributed by atoms with Crippen molar-refractivity contribution in [1.82, 2.24) is 5.32 Å². The van der Waals surface area contributed by atoms with Crippen LogP contribution in [0.4, 0.5) is 0 Å². The van der Waals surface area contributed by atoms with E-state index in [0.717, 1.165) is 12.2 Å². The minimum Gasteiger partial charge on any atom is -0.490 e. The summed E-state index contributed by atoms with van der Waals surface area (Å²) in [7, 11) is 2.02. The van der Waals surface area contributed by atoms with E-state index in [9.17, 15) is 0 Å². The fraction of sp³-hybridized carbons (Fsp3) is 0.538. The molecule has 0 aromatic heterocycles. The first kappa shape index (κ1) is 10.5. The molecule has 1 aliphatic rings. The highest BCUT2D eigenvalue weighted by Crippen LogP contribution is 2.42. The molecule has 0 saturated heterocycles. The zero-order valence-electron chi connectivity index (χ0n) is 9.66. The second-order valence-electron chi connectivity index (χ2n) is 4.82. The Morgan fingerprint density at radius 2 is 1.93 bits per heavy atom. The first-order valence-corrected chi connectivity index (χ1v) is 5.53. The van der Waals surface area contributed by atoms with Gasteiger partial charge in [0.1, 0.15) is 11.9 Å². The Balaban J connectivity index is 1.99. The van der Waals surface area contributed by atoms with Crippen molar-refractivity contribution in [2.75, 3.05) is 7.05 Å². The molecular weight excluding hydrogens is 186 g/mol. The number of para-hydroxylation sites is 1. The van der Waals surface area contributed by atoms with Crippen LogP contribution in [0.5, 0.6) is 5.75 Å². The third-order valence-corrected chi connectivity index (χ3v) is 3.55. The minimum absolute atomic E-state index is 0.227. The van der Waals surface area contributed by atoms with Crippen LogP contribution in [0.25, 0.3) is 0 Å². The molecule has 0 amide bonds. The maximum absolute atomic E-state index is 5.96. The summed E-state index contributed by atoms with van der Waals surface area (Å²) in [6.07, 6.45) is 1.43. The molecule has 2 heteroatoms. The molecule has 82 valence electrons. The lowest BCUT2D eigenvalue weighted by molar-refractivity contribution is -0.0520. The second-order valence-corrected chi connectivity index (χ2v) is 4.82. The molecule has 2 rings (SSSR count). The van der Waals surface area contributed by atoms with E-state index in [1.165, 1.54) is 0 Å². The summed E-state index contributed by atoms with van der Waals surface area (Å²) in [5.74, 6) is 0.977. The van der Waals surface area contributed by atoms with Crippen LogP contribution in [0.2, 0.25) is 0 Å². The molecule has 1 fully saturated rings. The molecule has 0 heterocycles. The highest BCUT2D eigenvalue weighted by atomic mass is 16.5. The van der Waals surface area contributed by atoms with Crippen molar-refractivity contribution in [2.45, 2.75) is 32.4 Å². The summed E-state index contributed by atoms with van der Waals surface area (Å²) in [4.78, 5) is 0. The molecule has 0 unspecified atom stereocenters. The fourth-order valence-corrected chi connectivity index (χ4v) is 2.24. The van der Waals surface area contributed by atoms with Gasteiger partial charge in [0.05, 0.1) is 0 Å². The predicted octanol–water partition coefficient (Wildman–Crippen LogP) is 2.45. The van der Waals surface area contributed by atoms with E-state index in [2.05, 4.69) is 19.2 Å². The van der Waals surface area contributed by atoms with E-state index in [1.54, 1.807) is 0 Å². The molecule has 0 radical (unpaired) electrons. The molecule has 0 aliphatic heterocycles. The Morgan fingerprint density at radius 3 is 2.47 bits per heavy atom. The molecule has 1 aromatic rings. The predicted molar refractivity (Wildman–Crippen MR) is 62.1 cm³/mol. The number of hydrogen-bond donors (Lipinski definition) is 1. The van der Waals surface area contributed by atoms with Gasteiger partial charge in [-0.25, -0.2) is 0 Å². The average Bonchev–Trinajstić information content (AvgIpc) is 2.25. The second kappa shape index (κ2) is 3.86. The maximum atomic E-state index is 5.96. The van der Waals surface area contributed by atoms with Crippen LogP contribution in [-0.4, -0.2) is 19.2 Å². The van der Waals surface area contributed by atoms with Gasteiger partial charge in [0.15, 0.2) is 0 Å². The van der Waals surface area contributed by atoms with Crippen LogP contribution in [0.1, 0.15) is 20.3 Å². The molecule has 1 saturated carbocycles. The van der Waals surface area contributed by atoms with Crippen molar-refractivity contribution in [2.24, 2.45) is 5.41 Å². The van der Waals surface area contributed by atoms with E-state index in [1.807, 2.05) is 37.4 Å². The van der Waals surface area contributed by atoms with Crippen molar-refractivity contribution < 1.29 is 4.74 Å². The highest BCUT2D eigenvalue weighted by molar-refractivity contribution is 5.22. The van der Waals surface area contributed by atoms with Crippen molar-refractivity contribution in [3.8, 4) is 5.75 Å². The Kier molecular flexibility index (Phi) is 2.70. The van der Waals surface area contributed by atoms with Gasteiger partial charge in [-0.1, -0.05) is 32.0 Å². The van der Waals surface area contributed by atoms with E-state index >= 15 is 0 Å². The number of hydrogen-bond acceptors (Lipinski definition) is 2. The van der Waals surface area contributed by atoms with Crippen molar-refractivity contribution in [3.63, 3.8) is 0 Å². The van der Waals surface area contributed by atoms with Gasteiger partial charge in [-0.3, -0.25) is 0 Å². The van der Waals surface area contributed by atoms with Crippen molar-refractivity contribution in [3.05, 3.63) is 30.3 Å². The molecule has 2 atom stereocenters. The van der Waals surface area contributed by atoms with Crippen molar-refractivity contribution >= 4 is 0 Å². The molecule has 15 heavy (non-hydrogen) atoms. The third kappa shape index (κ3) is 1.86. The molecule has 1 N–H and O–H groups in total. The lowest BCUT2D eigenvalue weighted by atomic mass is 9.64. The molecule has 1 aliphatic carbocycles. The number of nitrogens with one attached hydrogen (secondary N) is 1. The average molecular weight is 205 g/mol. The van der Waals surface area contributed by atoms with Gasteiger partial charge in [-0.2, -0.15) is 0 Å². The Morgan fingerprint density at radius 1 is 1.27 bits per heavy atom. The summed E-state index contributed by atoms with van der Waals surface area (Å²) in [5, 5.41) is 3.33. The van der Waals surface area contributed by atoms with E-state index in [-0.39, 0.29) is 5.41 Å². The van der Waals surface area contributed by atoms with Crippen LogP contribution < -0.4 is 10.1 Å². The Labute approximate surface area is 91.6 Å². The lowest BCUT2D eigenvalue weighted by Crippen LogP contribution is -2.61. The van der Waals surface area contributed by atoms with Crippen LogP contribution >= 0.6 is 0 Å². The molecular formula is C13H19NO. The Bertz CT molecular complexity index is 321. The fourth-order valence-electron chi connectivity index (χ4n) is 2.24. The van der Waals surface area contributed by atoms with Gasteiger partial charge in [0.25, 0.3) is 0 Å². The summed E-state index contributed by atoms with van der Waals surface area (Å²) in [6, 6.07) is 10.6. The molecule has 0 spiro atoms. The van der Waals surface area contributed by atoms with Gasteiger partial charge >= 0.3 is 0 Å². The van der Waals surface area contributed by atoms with Gasteiger partial charge in [-0.05, 0) is 19.2 Å². The first-order valence-electron chi connectivity index (χ1n) is 5.53. The van der Waals surface area contributed by atoms with E-state index < -0.39 is 0 Å². The molecule has 1 aromatic carbocycles. The van der Waals surface area contributed by atoms with Gasteiger partial charge in [-0.15, -0.1) is 0 Å². The zero-order chi connectivity index (χ0) is 10.9. The monoisotopic (exact) mass is 205 g/mol. The zero-order valence-corrected chi connectivity index (χ0v) is 9.66. The van der Waals surface area contributed by atoms with E-state index in [0.29, 0.717) is 12.1 Å². The molecule has 0 bridgehead atoms. The van der Waals surface area contributed by atoms with Crippen LogP contribution in [0.15, 0.2) is 30.3 Å². The smallest absolute Gasteiger partial charge is 0.119 e. The summed E-state index contributed by atoms with van der Waals surface area (Å²) >= 11 is 0. The highest BCUT2D eigenvalue weighted by Gasteiger charge is 2.49. The molecule has 2 nitrogen and oxygen atoms in total. The van der Waals surface area contributed by atoms with Crippen LogP contribution in [-0.2, 0) is 0 Å². The maximum Gasteiger partial charge on any atom is 0.119 e. The number of ether oxygens (including phenoxy) is 1. The minimum atomic E-state index is 0.227. The summed E-state index contributed by atoms with van der Waals surface area (Å²) < 4.78 is 5.96. The SMILES string of the molecule is CN[C@@H]1C[C@H](Oc2ccccc2)C1(C)C. The largest absolute Gasteiger partial charge is 0.490 e. The van der Waals surface area contributed by atoms with Gasteiger partial charge < -0.3 is 10.1 Å². The van der Waals surface area contributed by atoms with Crippen LogP contribution in [0.3, 0.4) is 0 Å². The lowest BCUT2D eigenvalue weighted by Gasteiger charge is -2.51. The van der Waals surface area contributed by atoms with Crippen LogP contribution in [0, 0.1) is 5.41 Å². The van der Waals surface area contributed by atoms with E-state index in [4.69, 9.17) is 4.74 Å². The normalized spacial score (nSPS) is 28.2. The standard InChI is InChI=1S/C13H19NO/c1-13(2)11(14-3)9-12(13)15-10-7-5-4-6-8-10/h4-8,11-12,14H,9H2,1-3H3/t11-,12+/m1/s1. The van der Waals surface area contributed by atoms with Gasteiger partial charge in [0.2, 0.25) is 0 Å². The summed E-state index contributed by atoms with van der Waals surface area (Å²) in [5.41, 5.74) is 0.227. The topological polar surface area (TPSA) is 21.3 Å². The van der Waals surface area contributed by atoms with Crippen molar-refractivity contribution in [1.29, 1.82) is 0 Å². The number of rotatable bonds is 3. The quantitative estimate of drug-likeness (QED) is 0.818. The summed E-state index contributed by atoms with van der Waals surface area (Å²) in [6.45, 7) is 4.51. The Hall–Kier alpha value is -1.02.